The molecule has 1 aliphatic rings. The molecule has 1 aliphatic heterocycles. The fourth-order valence-electron chi connectivity index (χ4n) is 2.28. The Morgan fingerprint density at radius 2 is 2.16 bits per heavy atom. The Bertz CT molecular complexity index is 277. The molecule has 1 saturated heterocycles. The van der Waals surface area contributed by atoms with Crippen LogP contribution < -0.4 is 5.32 Å². The van der Waals surface area contributed by atoms with Crippen molar-refractivity contribution in [2.45, 2.75) is 51.6 Å². The summed E-state index contributed by atoms with van der Waals surface area (Å²) in [6.07, 6.45) is -0.420. The van der Waals surface area contributed by atoms with E-state index in [0.717, 1.165) is 19.4 Å². The summed E-state index contributed by atoms with van der Waals surface area (Å²) < 4.78 is 28.6. The van der Waals surface area contributed by atoms with Crippen LogP contribution >= 0.6 is 0 Å². The van der Waals surface area contributed by atoms with Crippen LogP contribution in [-0.4, -0.2) is 55.6 Å². The number of nitrogens with zero attached hydrogens (tertiary/aromatic N) is 1. The van der Waals surface area contributed by atoms with E-state index in [0.29, 0.717) is 12.6 Å². The highest BCUT2D eigenvalue weighted by molar-refractivity contribution is 5.76. The third kappa shape index (κ3) is 5.40. The fraction of sp³-hybridized carbons (Fsp3) is 0.923. The predicted molar refractivity (Wildman–Crippen MR) is 69.3 cm³/mol. The maximum absolute atomic E-state index is 12.1. The molecule has 0 aliphatic carbocycles. The second kappa shape index (κ2) is 8.43. The fourth-order valence-corrected chi connectivity index (χ4v) is 2.28. The Morgan fingerprint density at radius 1 is 1.42 bits per heavy atom. The molecular weight excluding hydrogens is 254 g/mol. The van der Waals surface area contributed by atoms with Crippen molar-refractivity contribution in [3.63, 3.8) is 0 Å². The Balaban J connectivity index is 2.38. The van der Waals surface area contributed by atoms with Gasteiger partial charge in [-0.3, -0.25) is 4.79 Å². The Morgan fingerprint density at radius 3 is 2.74 bits per heavy atom. The summed E-state index contributed by atoms with van der Waals surface area (Å²) in [5.74, 6) is 0.000987. The summed E-state index contributed by atoms with van der Waals surface area (Å²) in [4.78, 5) is 14.0. The largest absolute Gasteiger partial charge is 0.375 e. The molecule has 0 aromatic carbocycles. The number of hydrogen-bond donors (Lipinski definition) is 1. The van der Waals surface area contributed by atoms with E-state index in [2.05, 4.69) is 12.2 Å². The van der Waals surface area contributed by atoms with Crippen LogP contribution in [0.25, 0.3) is 0 Å². The highest BCUT2D eigenvalue weighted by atomic mass is 19.3. The zero-order valence-electron chi connectivity index (χ0n) is 11.7. The van der Waals surface area contributed by atoms with E-state index in [1.54, 1.807) is 0 Å². The van der Waals surface area contributed by atoms with Gasteiger partial charge in [-0.25, -0.2) is 8.78 Å². The minimum Gasteiger partial charge on any atom is -0.375 e. The second-order valence-corrected chi connectivity index (χ2v) is 4.84. The molecule has 0 aromatic rings. The maximum atomic E-state index is 12.1. The van der Waals surface area contributed by atoms with Crippen LogP contribution in [0.1, 0.15) is 33.1 Å². The summed E-state index contributed by atoms with van der Waals surface area (Å²) in [6, 6.07) is 0.527. The number of piperazine rings is 1. The molecule has 0 spiro atoms. The van der Waals surface area contributed by atoms with Crippen LogP contribution in [0.2, 0.25) is 0 Å². The molecule has 0 radical (unpaired) electrons. The van der Waals surface area contributed by atoms with Crippen LogP contribution in [0.15, 0.2) is 0 Å². The lowest BCUT2D eigenvalue weighted by atomic mass is 10.0. The average Bonchev–Trinajstić information content (AvgIpc) is 2.42. The van der Waals surface area contributed by atoms with Crippen molar-refractivity contribution in [1.82, 2.24) is 10.2 Å². The highest BCUT2D eigenvalue weighted by Gasteiger charge is 2.28. The van der Waals surface area contributed by atoms with Crippen LogP contribution in [0, 0.1) is 0 Å². The maximum Gasteiger partial charge on any atom is 0.261 e. The van der Waals surface area contributed by atoms with Gasteiger partial charge in [0.25, 0.3) is 6.43 Å². The van der Waals surface area contributed by atoms with Crippen molar-refractivity contribution in [1.29, 1.82) is 0 Å². The van der Waals surface area contributed by atoms with Gasteiger partial charge in [0.15, 0.2) is 0 Å². The molecule has 0 bridgehead atoms. The number of halogens is 2. The molecule has 1 N–H and O–H groups in total. The van der Waals surface area contributed by atoms with E-state index in [9.17, 15) is 13.6 Å². The number of nitrogens with one attached hydrogen (secondary N) is 1. The van der Waals surface area contributed by atoms with E-state index in [4.69, 9.17) is 4.74 Å². The summed E-state index contributed by atoms with van der Waals surface area (Å²) in [5.41, 5.74) is 0. The second-order valence-electron chi connectivity index (χ2n) is 4.84. The molecule has 6 heteroatoms. The third-order valence-corrected chi connectivity index (χ3v) is 3.49. The van der Waals surface area contributed by atoms with Crippen molar-refractivity contribution in [3.05, 3.63) is 0 Å². The zero-order chi connectivity index (χ0) is 14.3. The van der Waals surface area contributed by atoms with E-state index in [-0.39, 0.29) is 25.0 Å². The van der Waals surface area contributed by atoms with Crippen LogP contribution in [0.5, 0.6) is 0 Å². The lowest BCUT2D eigenvalue weighted by Gasteiger charge is -2.40. The van der Waals surface area contributed by atoms with Gasteiger partial charge in [0.1, 0.15) is 6.61 Å². The lowest BCUT2D eigenvalue weighted by Crippen LogP contribution is -2.58. The van der Waals surface area contributed by atoms with Gasteiger partial charge in [-0.2, -0.15) is 0 Å². The molecule has 1 amide bonds. The summed E-state index contributed by atoms with van der Waals surface area (Å²) >= 11 is 0. The molecule has 1 rings (SSSR count). The van der Waals surface area contributed by atoms with Gasteiger partial charge in [0.2, 0.25) is 5.91 Å². The number of hydrogen-bond acceptors (Lipinski definition) is 3. The molecule has 1 heterocycles. The molecule has 2 atom stereocenters. The first-order chi connectivity index (χ1) is 9.08. The predicted octanol–water partition coefficient (Wildman–Crippen LogP) is 1.65. The Hall–Kier alpha value is -0.750. The first-order valence-electron chi connectivity index (χ1n) is 6.97. The monoisotopic (exact) mass is 278 g/mol. The molecule has 2 unspecified atom stereocenters. The third-order valence-electron chi connectivity index (χ3n) is 3.49. The minimum atomic E-state index is -2.47. The Labute approximate surface area is 113 Å². The first-order valence-corrected chi connectivity index (χ1v) is 6.97. The molecule has 1 fully saturated rings. The summed E-state index contributed by atoms with van der Waals surface area (Å²) in [6.45, 7) is 5.11. The van der Waals surface area contributed by atoms with Gasteiger partial charge in [-0.1, -0.05) is 13.8 Å². The van der Waals surface area contributed by atoms with Crippen molar-refractivity contribution in [2.75, 3.05) is 26.3 Å². The van der Waals surface area contributed by atoms with Gasteiger partial charge in [-0.05, 0) is 12.8 Å². The number of rotatable bonds is 7. The van der Waals surface area contributed by atoms with Crippen LogP contribution in [0.4, 0.5) is 8.78 Å². The lowest BCUT2D eigenvalue weighted by molar-refractivity contribution is -0.136. The normalized spacial score (nSPS) is 23.9. The number of amides is 1. The topological polar surface area (TPSA) is 41.6 Å². The van der Waals surface area contributed by atoms with Crippen LogP contribution in [-0.2, 0) is 9.53 Å². The van der Waals surface area contributed by atoms with Crippen molar-refractivity contribution >= 4 is 5.91 Å². The highest BCUT2D eigenvalue weighted by Crippen LogP contribution is 2.13. The van der Waals surface area contributed by atoms with Gasteiger partial charge in [0.05, 0.1) is 13.0 Å². The standard InChI is InChI=1S/C13H24F2N2O2/c1-3-10-8-17(11(4-2)7-16-10)13(18)5-6-19-9-12(14)15/h10-12,16H,3-9H2,1-2H3. The SMILES string of the molecule is CCC1CN(C(=O)CCOCC(F)F)C(CC)CN1. The summed E-state index contributed by atoms with van der Waals surface area (Å²) in [5, 5.41) is 3.41. The van der Waals surface area contributed by atoms with Gasteiger partial charge in [0, 0.05) is 25.2 Å². The summed E-state index contributed by atoms with van der Waals surface area (Å²) in [7, 11) is 0. The van der Waals surface area contributed by atoms with Crippen LogP contribution in [0.3, 0.4) is 0 Å². The molecular formula is C13H24F2N2O2. The van der Waals surface area contributed by atoms with E-state index >= 15 is 0 Å². The first kappa shape index (κ1) is 16.3. The number of alkyl halides is 2. The molecule has 0 aromatic heterocycles. The molecule has 0 saturated carbocycles. The van der Waals surface area contributed by atoms with Gasteiger partial charge >= 0.3 is 0 Å². The van der Waals surface area contributed by atoms with Crippen molar-refractivity contribution < 1.29 is 18.3 Å². The number of carbonyl (C=O) groups excluding carboxylic acids is 1. The molecule has 112 valence electrons. The smallest absolute Gasteiger partial charge is 0.261 e. The van der Waals surface area contributed by atoms with Gasteiger partial charge in [-0.15, -0.1) is 0 Å². The average molecular weight is 278 g/mol. The molecule has 4 nitrogen and oxygen atoms in total. The van der Waals surface area contributed by atoms with Crippen molar-refractivity contribution in [3.8, 4) is 0 Å². The van der Waals surface area contributed by atoms with E-state index in [1.165, 1.54) is 0 Å². The molecule has 19 heavy (non-hydrogen) atoms. The Kier molecular flexibility index (Phi) is 7.23. The van der Waals surface area contributed by atoms with E-state index < -0.39 is 13.0 Å². The quantitative estimate of drug-likeness (QED) is 0.720. The minimum absolute atomic E-state index is 0.000987. The number of carbonyl (C=O) groups is 1. The van der Waals surface area contributed by atoms with Crippen molar-refractivity contribution in [2.24, 2.45) is 0 Å². The van der Waals surface area contributed by atoms with E-state index in [1.807, 2.05) is 11.8 Å². The number of ether oxygens (including phenoxy) is 1. The zero-order valence-corrected chi connectivity index (χ0v) is 11.7. The van der Waals surface area contributed by atoms with Gasteiger partial charge < -0.3 is 15.0 Å².